The topological polar surface area (TPSA) is 25.8 Å². The Morgan fingerprint density at radius 2 is 1.00 bits per heavy atom. The molecule has 0 amide bonds. The quantitative estimate of drug-likeness (QED) is 0.502. The van der Waals surface area contributed by atoms with Crippen LogP contribution in [0.4, 0.5) is 0 Å². The van der Waals surface area contributed by atoms with Crippen molar-refractivity contribution >= 4 is 13.5 Å². The van der Waals surface area contributed by atoms with E-state index in [1.165, 1.54) is 0 Å². The highest BCUT2D eigenvalue weighted by molar-refractivity contribution is 7.59. The predicted octanol–water partition coefficient (Wildman–Crippen LogP) is 1.12. The van der Waals surface area contributed by atoms with Gasteiger partial charge in [-0.3, -0.25) is 9.97 Å². The lowest BCUT2D eigenvalue weighted by Crippen LogP contribution is -1.66. The minimum absolute atomic E-state index is 0. The zero-order chi connectivity index (χ0) is 4.24. The molecule has 0 fully saturated rings. The lowest BCUT2D eigenvalue weighted by Gasteiger charge is -1.70. The molecule has 0 aliphatic heterocycles. The van der Waals surface area contributed by atoms with E-state index >= 15 is 0 Å². The first-order valence-corrected chi connectivity index (χ1v) is 1.70. The van der Waals surface area contributed by atoms with Crippen molar-refractivity contribution in [2.75, 3.05) is 0 Å². The number of hydrogen-bond acceptors (Lipinski definition) is 2. The van der Waals surface area contributed by atoms with E-state index in [-0.39, 0.29) is 13.5 Å². The van der Waals surface area contributed by atoms with Crippen LogP contribution in [-0.4, -0.2) is 9.97 Å². The van der Waals surface area contributed by atoms with E-state index < -0.39 is 0 Å². The second-order valence-electron chi connectivity index (χ2n) is 0.894. The van der Waals surface area contributed by atoms with Gasteiger partial charge in [0, 0.05) is 38.3 Å². The third kappa shape index (κ3) is 2.17. The second kappa shape index (κ2) is 3.61. The zero-order valence-corrected chi connectivity index (χ0v) is 4.43. The SMILES string of the molecule is [S].c1cnccn1. The first-order valence-electron chi connectivity index (χ1n) is 1.70. The van der Waals surface area contributed by atoms with Crippen molar-refractivity contribution in [2.45, 2.75) is 0 Å². The van der Waals surface area contributed by atoms with Crippen LogP contribution in [0.1, 0.15) is 0 Å². The van der Waals surface area contributed by atoms with Crippen molar-refractivity contribution in [3.63, 3.8) is 0 Å². The van der Waals surface area contributed by atoms with Gasteiger partial charge in [0.05, 0.1) is 0 Å². The van der Waals surface area contributed by atoms with Gasteiger partial charge < -0.3 is 0 Å². The highest BCUT2D eigenvalue weighted by Crippen LogP contribution is 1.65. The molecule has 0 unspecified atom stereocenters. The summed E-state index contributed by atoms with van der Waals surface area (Å²) >= 11 is 0. The van der Waals surface area contributed by atoms with Gasteiger partial charge in [-0.05, 0) is 0 Å². The van der Waals surface area contributed by atoms with Gasteiger partial charge in [0.15, 0.2) is 0 Å². The summed E-state index contributed by atoms with van der Waals surface area (Å²) in [4.78, 5) is 7.44. The smallest absolute Gasteiger partial charge is 0.0451 e. The van der Waals surface area contributed by atoms with Crippen molar-refractivity contribution in [2.24, 2.45) is 0 Å². The summed E-state index contributed by atoms with van der Waals surface area (Å²) in [6.07, 6.45) is 6.56. The van der Waals surface area contributed by atoms with Crippen LogP contribution < -0.4 is 0 Å². The van der Waals surface area contributed by atoms with E-state index in [9.17, 15) is 0 Å². The van der Waals surface area contributed by atoms with Crippen LogP contribution in [0.2, 0.25) is 0 Å². The maximum absolute atomic E-state index is 3.72. The summed E-state index contributed by atoms with van der Waals surface area (Å²) < 4.78 is 0. The molecule has 2 radical (unpaired) electrons. The molecule has 0 saturated heterocycles. The highest BCUT2D eigenvalue weighted by Gasteiger charge is 1.59. The molecular weight excluding hydrogens is 108 g/mol. The summed E-state index contributed by atoms with van der Waals surface area (Å²) in [6, 6.07) is 0. The average molecular weight is 112 g/mol. The monoisotopic (exact) mass is 112 g/mol. The Kier molecular flexibility index (Phi) is 3.32. The van der Waals surface area contributed by atoms with E-state index in [0.717, 1.165) is 0 Å². The maximum atomic E-state index is 3.72. The first-order chi connectivity index (χ1) is 3.00. The van der Waals surface area contributed by atoms with Crippen molar-refractivity contribution in [3.8, 4) is 0 Å². The van der Waals surface area contributed by atoms with Crippen molar-refractivity contribution in [1.29, 1.82) is 0 Å². The fourth-order valence-corrected chi connectivity index (χ4v) is 0.253. The largest absolute Gasteiger partial charge is 0.262 e. The fourth-order valence-electron chi connectivity index (χ4n) is 0.253. The average Bonchev–Trinajstić information content (AvgIpc) is 1.72. The Labute approximate surface area is 49.1 Å². The van der Waals surface area contributed by atoms with Gasteiger partial charge in [-0.15, -0.1) is 0 Å². The number of nitrogens with zero attached hydrogens (tertiary/aromatic N) is 2. The molecule has 1 aromatic rings. The normalized spacial score (nSPS) is 6.86. The lowest BCUT2D eigenvalue weighted by molar-refractivity contribution is 1.20. The third-order valence-corrected chi connectivity index (χ3v) is 0.478. The molecule has 36 valence electrons. The standard InChI is InChI=1S/C4H4N2.S/c1-2-6-4-3-5-1;/h1-4H;. The molecule has 0 N–H and O–H groups in total. The molecule has 0 spiro atoms. The molecular formula is C4H4N2S. The molecule has 3 heteroatoms. The van der Waals surface area contributed by atoms with Gasteiger partial charge >= 0.3 is 0 Å². The predicted molar refractivity (Wildman–Crippen MR) is 29.6 cm³/mol. The van der Waals surface area contributed by atoms with Crippen molar-refractivity contribution in [3.05, 3.63) is 24.8 Å². The molecule has 0 bridgehead atoms. The lowest BCUT2D eigenvalue weighted by atomic mass is 10.8. The van der Waals surface area contributed by atoms with E-state index in [1.54, 1.807) is 24.8 Å². The van der Waals surface area contributed by atoms with Crippen molar-refractivity contribution < 1.29 is 0 Å². The summed E-state index contributed by atoms with van der Waals surface area (Å²) in [5.41, 5.74) is 0. The van der Waals surface area contributed by atoms with Gasteiger partial charge in [-0.1, -0.05) is 0 Å². The fraction of sp³-hybridized carbons (Fsp3) is 0. The van der Waals surface area contributed by atoms with Crippen LogP contribution in [0.15, 0.2) is 24.8 Å². The third-order valence-electron chi connectivity index (χ3n) is 0.478. The number of aromatic nitrogens is 2. The Bertz CT molecular complexity index is 81.6. The summed E-state index contributed by atoms with van der Waals surface area (Å²) in [7, 11) is 0. The van der Waals surface area contributed by atoms with Crippen LogP contribution in [0.25, 0.3) is 0 Å². The Morgan fingerprint density at radius 1 is 0.714 bits per heavy atom. The van der Waals surface area contributed by atoms with Crippen LogP contribution in [0, 0.1) is 0 Å². The Hall–Kier alpha value is -0.570. The molecule has 1 rings (SSSR count). The molecule has 1 aromatic heterocycles. The summed E-state index contributed by atoms with van der Waals surface area (Å²) in [5.74, 6) is 0. The minimum Gasteiger partial charge on any atom is -0.262 e. The molecule has 0 saturated carbocycles. The second-order valence-corrected chi connectivity index (χ2v) is 0.894. The minimum atomic E-state index is 0. The maximum Gasteiger partial charge on any atom is 0.0451 e. The number of hydrogen-bond donors (Lipinski definition) is 0. The van der Waals surface area contributed by atoms with Gasteiger partial charge in [0.25, 0.3) is 0 Å². The highest BCUT2D eigenvalue weighted by atomic mass is 32.1. The molecule has 7 heavy (non-hydrogen) atoms. The van der Waals surface area contributed by atoms with E-state index in [4.69, 9.17) is 0 Å². The van der Waals surface area contributed by atoms with E-state index in [1.807, 2.05) is 0 Å². The molecule has 0 atom stereocenters. The Balaban J connectivity index is 0.000000360. The van der Waals surface area contributed by atoms with Crippen LogP contribution in [0.3, 0.4) is 0 Å². The van der Waals surface area contributed by atoms with Crippen LogP contribution in [0.5, 0.6) is 0 Å². The molecule has 2 nitrogen and oxygen atoms in total. The molecule has 0 aliphatic rings. The molecule has 1 heterocycles. The zero-order valence-electron chi connectivity index (χ0n) is 3.61. The van der Waals surface area contributed by atoms with Gasteiger partial charge in [-0.25, -0.2) is 0 Å². The molecule has 0 aliphatic carbocycles. The van der Waals surface area contributed by atoms with Gasteiger partial charge in [0.1, 0.15) is 0 Å². The first kappa shape index (κ1) is 6.43. The van der Waals surface area contributed by atoms with Gasteiger partial charge in [0.2, 0.25) is 0 Å². The van der Waals surface area contributed by atoms with E-state index in [2.05, 4.69) is 9.97 Å². The van der Waals surface area contributed by atoms with Gasteiger partial charge in [-0.2, -0.15) is 0 Å². The van der Waals surface area contributed by atoms with E-state index in [0.29, 0.717) is 0 Å². The Morgan fingerprint density at radius 3 is 1.14 bits per heavy atom. The van der Waals surface area contributed by atoms with Crippen LogP contribution >= 0.6 is 13.5 Å². The molecule has 0 aromatic carbocycles. The number of rotatable bonds is 0. The van der Waals surface area contributed by atoms with Crippen LogP contribution in [-0.2, 0) is 0 Å². The summed E-state index contributed by atoms with van der Waals surface area (Å²) in [5, 5.41) is 0. The summed E-state index contributed by atoms with van der Waals surface area (Å²) in [6.45, 7) is 0. The van der Waals surface area contributed by atoms with Crippen molar-refractivity contribution in [1.82, 2.24) is 9.97 Å².